The zero-order valence-corrected chi connectivity index (χ0v) is 11.7. The minimum Gasteiger partial charge on any atom is -0.397 e. The molecule has 0 amide bonds. The molecule has 2 rings (SSSR count). The lowest BCUT2D eigenvalue weighted by molar-refractivity contribution is 0.646. The standard InChI is InChI=1S/C12H16BrClN2/c1-2-8-4-3-5-16(8)12-7-10(14)9(13)6-11(12)15/h6-8H,2-5,15H2,1H3. The summed E-state index contributed by atoms with van der Waals surface area (Å²) in [4.78, 5) is 2.38. The van der Waals surface area contributed by atoms with Crippen molar-refractivity contribution < 1.29 is 0 Å². The lowest BCUT2D eigenvalue weighted by Crippen LogP contribution is -2.29. The Labute approximate surface area is 110 Å². The highest BCUT2D eigenvalue weighted by atomic mass is 79.9. The summed E-state index contributed by atoms with van der Waals surface area (Å²) < 4.78 is 0.864. The molecule has 1 aliphatic rings. The van der Waals surface area contributed by atoms with Crippen LogP contribution in [0.5, 0.6) is 0 Å². The van der Waals surface area contributed by atoms with E-state index in [9.17, 15) is 0 Å². The quantitative estimate of drug-likeness (QED) is 0.835. The van der Waals surface area contributed by atoms with E-state index in [1.54, 1.807) is 0 Å². The molecule has 2 N–H and O–H groups in total. The van der Waals surface area contributed by atoms with Crippen LogP contribution in [0.25, 0.3) is 0 Å². The van der Waals surface area contributed by atoms with Gasteiger partial charge in [0.25, 0.3) is 0 Å². The molecule has 0 saturated carbocycles. The van der Waals surface area contributed by atoms with Crippen molar-refractivity contribution in [1.29, 1.82) is 0 Å². The van der Waals surface area contributed by atoms with Crippen LogP contribution >= 0.6 is 27.5 Å². The first kappa shape index (κ1) is 12.1. The zero-order valence-electron chi connectivity index (χ0n) is 9.34. The molecule has 1 unspecified atom stereocenters. The Balaban J connectivity index is 2.36. The lowest BCUT2D eigenvalue weighted by atomic mass is 10.1. The van der Waals surface area contributed by atoms with Gasteiger partial charge in [-0.3, -0.25) is 0 Å². The molecule has 0 spiro atoms. The van der Waals surface area contributed by atoms with E-state index in [4.69, 9.17) is 17.3 Å². The monoisotopic (exact) mass is 302 g/mol. The summed E-state index contributed by atoms with van der Waals surface area (Å²) in [5.74, 6) is 0. The highest BCUT2D eigenvalue weighted by molar-refractivity contribution is 9.10. The van der Waals surface area contributed by atoms with Gasteiger partial charge < -0.3 is 10.6 Å². The van der Waals surface area contributed by atoms with Crippen molar-refractivity contribution in [3.8, 4) is 0 Å². The zero-order chi connectivity index (χ0) is 11.7. The van der Waals surface area contributed by atoms with E-state index in [2.05, 4.69) is 27.8 Å². The Morgan fingerprint density at radius 3 is 3.00 bits per heavy atom. The Morgan fingerprint density at radius 1 is 1.56 bits per heavy atom. The molecule has 0 aliphatic carbocycles. The Bertz CT molecular complexity index is 395. The fourth-order valence-electron chi connectivity index (χ4n) is 2.38. The van der Waals surface area contributed by atoms with Crippen molar-refractivity contribution in [3.63, 3.8) is 0 Å². The van der Waals surface area contributed by atoms with Gasteiger partial charge >= 0.3 is 0 Å². The Morgan fingerprint density at radius 2 is 2.31 bits per heavy atom. The molecule has 88 valence electrons. The summed E-state index contributed by atoms with van der Waals surface area (Å²) in [7, 11) is 0. The Kier molecular flexibility index (Phi) is 3.65. The highest BCUT2D eigenvalue weighted by Gasteiger charge is 2.24. The van der Waals surface area contributed by atoms with Gasteiger partial charge in [-0.25, -0.2) is 0 Å². The van der Waals surface area contributed by atoms with Crippen molar-refractivity contribution >= 4 is 38.9 Å². The fourth-order valence-corrected chi connectivity index (χ4v) is 2.90. The van der Waals surface area contributed by atoms with Gasteiger partial charge in [0.15, 0.2) is 0 Å². The molecule has 0 aromatic heterocycles. The molecule has 1 aliphatic heterocycles. The van der Waals surface area contributed by atoms with E-state index in [0.717, 1.165) is 33.8 Å². The topological polar surface area (TPSA) is 29.3 Å². The van der Waals surface area contributed by atoms with Gasteiger partial charge in [-0.15, -0.1) is 0 Å². The average Bonchev–Trinajstić information content (AvgIpc) is 2.71. The molecular formula is C12H16BrClN2. The third-order valence-corrected chi connectivity index (χ3v) is 4.42. The van der Waals surface area contributed by atoms with Crippen LogP contribution in [0.15, 0.2) is 16.6 Å². The van der Waals surface area contributed by atoms with E-state index < -0.39 is 0 Å². The minimum atomic E-state index is 0.611. The van der Waals surface area contributed by atoms with Crippen LogP contribution in [0.1, 0.15) is 26.2 Å². The summed E-state index contributed by atoms with van der Waals surface area (Å²) in [6.07, 6.45) is 3.66. The SMILES string of the molecule is CCC1CCCN1c1cc(Cl)c(Br)cc1N. The fraction of sp³-hybridized carbons (Fsp3) is 0.500. The normalized spacial score (nSPS) is 20.4. The van der Waals surface area contributed by atoms with E-state index in [0.29, 0.717) is 6.04 Å². The van der Waals surface area contributed by atoms with Crippen molar-refractivity contribution in [1.82, 2.24) is 0 Å². The van der Waals surface area contributed by atoms with Crippen LogP contribution in [0.4, 0.5) is 11.4 Å². The van der Waals surface area contributed by atoms with Crippen molar-refractivity contribution in [3.05, 3.63) is 21.6 Å². The van der Waals surface area contributed by atoms with Crippen LogP contribution in [-0.2, 0) is 0 Å². The number of halogens is 2. The van der Waals surface area contributed by atoms with Crippen LogP contribution in [0.2, 0.25) is 5.02 Å². The molecule has 1 heterocycles. The van der Waals surface area contributed by atoms with Crippen LogP contribution < -0.4 is 10.6 Å². The second-order valence-corrected chi connectivity index (χ2v) is 5.48. The first-order valence-electron chi connectivity index (χ1n) is 5.64. The molecular weight excluding hydrogens is 288 g/mol. The predicted octanol–water partition coefficient (Wildman–Crippen LogP) is 4.06. The molecule has 1 fully saturated rings. The number of nitrogen functional groups attached to an aromatic ring is 1. The van der Waals surface area contributed by atoms with E-state index in [1.807, 2.05) is 12.1 Å². The molecule has 0 radical (unpaired) electrons. The van der Waals surface area contributed by atoms with Gasteiger partial charge in [-0.2, -0.15) is 0 Å². The number of rotatable bonds is 2. The lowest BCUT2D eigenvalue weighted by Gasteiger charge is -2.27. The molecule has 0 bridgehead atoms. The maximum Gasteiger partial charge on any atom is 0.0618 e. The van der Waals surface area contributed by atoms with E-state index in [1.165, 1.54) is 12.8 Å². The molecule has 1 aromatic rings. The maximum atomic E-state index is 6.13. The van der Waals surface area contributed by atoms with Crippen LogP contribution in [0, 0.1) is 0 Å². The molecule has 16 heavy (non-hydrogen) atoms. The van der Waals surface area contributed by atoms with Crippen molar-refractivity contribution in [2.24, 2.45) is 0 Å². The second-order valence-electron chi connectivity index (χ2n) is 4.22. The van der Waals surface area contributed by atoms with Crippen molar-refractivity contribution in [2.75, 3.05) is 17.2 Å². The van der Waals surface area contributed by atoms with Gasteiger partial charge in [0.2, 0.25) is 0 Å². The molecule has 1 aromatic carbocycles. The largest absolute Gasteiger partial charge is 0.397 e. The molecule has 1 saturated heterocycles. The maximum absolute atomic E-state index is 6.13. The molecule has 2 nitrogen and oxygen atoms in total. The Hall–Kier alpha value is -0.410. The van der Waals surface area contributed by atoms with E-state index >= 15 is 0 Å². The number of anilines is 2. The van der Waals surface area contributed by atoms with E-state index in [-0.39, 0.29) is 0 Å². The van der Waals surface area contributed by atoms with Gasteiger partial charge in [0.1, 0.15) is 0 Å². The highest BCUT2D eigenvalue weighted by Crippen LogP contribution is 2.37. The number of hydrogen-bond donors (Lipinski definition) is 1. The third-order valence-electron chi connectivity index (χ3n) is 3.23. The van der Waals surface area contributed by atoms with Crippen molar-refractivity contribution in [2.45, 2.75) is 32.2 Å². The summed E-state index contributed by atoms with van der Waals surface area (Å²) in [5, 5.41) is 0.728. The summed E-state index contributed by atoms with van der Waals surface area (Å²) in [6, 6.07) is 4.47. The number of benzene rings is 1. The smallest absolute Gasteiger partial charge is 0.0618 e. The number of hydrogen-bond acceptors (Lipinski definition) is 2. The van der Waals surface area contributed by atoms with Gasteiger partial charge in [0.05, 0.1) is 16.4 Å². The van der Waals surface area contributed by atoms with Crippen LogP contribution in [-0.4, -0.2) is 12.6 Å². The number of nitrogens with zero attached hydrogens (tertiary/aromatic N) is 1. The summed E-state index contributed by atoms with van der Waals surface area (Å²) in [5.41, 5.74) is 7.94. The number of nitrogens with two attached hydrogens (primary N) is 1. The first-order valence-corrected chi connectivity index (χ1v) is 6.81. The minimum absolute atomic E-state index is 0.611. The summed E-state index contributed by atoms with van der Waals surface area (Å²) in [6.45, 7) is 3.31. The van der Waals surface area contributed by atoms with Gasteiger partial charge in [-0.1, -0.05) is 18.5 Å². The summed E-state index contributed by atoms with van der Waals surface area (Å²) >= 11 is 9.52. The molecule has 1 atom stereocenters. The average molecular weight is 304 g/mol. The second kappa shape index (κ2) is 4.84. The predicted molar refractivity (Wildman–Crippen MR) is 74.2 cm³/mol. The van der Waals surface area contributed by atoms with Gasteiger partial charge in [-0.05, 0) is 47.3 Å². The molecule has 4 heteroatoms. The van der Waals surface area contributed by atoms with Crippen LogP contribution in [0.3, 0.4) is 0 Å². The van der Waals surface area contributed by atoms with Gasteiger partial charge in [0, 0.05) is 17.1 Å². The third kappa shape index (κ3) is 2.16. The first-order chi connectivity index (χ1) is 7.63.